The summed E-state index contributed by atoms with van der Waals surface area (Å²) in [6, 6.07) is 14.9. The zero-order chi connectivity index (χ0) is 18.8. The van der Waals surface area contributed by atoms with E-state index in [0.29, 0.717) is 12.2 Å². The fraction of sp³-hybridized carbons (Fsp3) is 0.250. The molecular weight excluding hydrogens is 360 g/mol. The predicted molar refractivity (Wildman–Crippen MR) is 108 cm³/mol. The van der Waals surface area contributed by atoms with Crippen LogP contribution in [-0.2, 0) is 11.3 Å². The Balaban J connectivity index is 1.34. The van der Waals surface area contributed by atoms with Gasteiger partial charge in [0.1, 0.15) is 5.01 Å². The lowest BCUT2D eigenvalue weighted by Crippen LogP contribution is -2.30. The molecule has 27 heavy (non-hydrogen) atoms. The normalized spacial score (nSPS) is 13.4. The zero-order valence-electron chi connectivity index (χ0n) is 14.9. The van der Waals surface area contributed by atoms with Crippen molar-refractivity contribution in [2.75, 3.05) is 17.7 Å². The van der Waals surface area contributed by atoms with Gasteiger partial charge < -0.3 is 15.5 Å². The van der Waals surface area contributed by atoms with Crippen LogP contribution in [0.25, 0.3) is 10.2 Å². The van der Waals surface area contributed by atoms with E-state index < -0.39 is 0 Å². The first-order valence-corrected chi connectivity index (χ1v) is 9.67. The summed E-state index contributed by atoms with van der Waals surface area (Å²) in [5.74, 6) is 0.239. The Morgan fingerprint density at radius 1 is 1.07 bits per heavy atom. The summed E-state index contributed by atoms with van der Waals surface area (Å²) >= 11 is 1.59. The first-order chi connectivity index (χ1) is 13.1. The molecule has 6 nitrogen and oxygen atoms in total. The molecule has 1 fully saturated rings. The third kappa shape index (κ3) is 4.25. The summed E-state index contributed by atoms with van der Waals surface area (Å²) in [6.45, 7) is 0.445. The van der Waals surface area contributed by atoms with Gasteiger partial charge in [0.2, 0.25) is 5.91 Å². The Morgan fingerprint density at radius 3 is 2.41 bits per heavy atom. The molecule has 0 aliphatic heterocycles. The first-order valence-electron chi connectivity index (χ1n) is 8.86. The molecule has 138 valence electrons. The van der Waals surface area contributed by atoms with Gasteiger partial charge in [-0.25, -0.2) is 9.78 Å². The molecule has 1 saturated carbocycles. The van der Waals surface area contributed by atoms with Crippen LogP contribution < -0.4 is 10.6 Å². The maximum absolute atomic E-state index is 12.4. The van der Waals surface area contributed by atoms with Gasteiger partial charge in [-0.15, -0.1) is 11.3 Å². The van der Waals surface area contributed by atoms with Crippen molar-refractivity contribution in [3.63, 3.8) is 0 Å². The number of para-hydroxylation sites is 1. The minimum Gasteiger partial charge on any atom is -0.326 e. The average Bonchev–Trinajstić information content (AvgIpc) is 3.43. The van der Waals surface area contributed by atoms with E-state index in [9.17, 15) is 9.59 Å². The standard InChI is InChI=1S/C20H20N4O2S/c1-24(12-18-23-16-4-2-3-5-17(16)27-18)20(26)22-15-10-8-14(9-11-15)21-19(25)13-6-7-13/h2-5,8-11,13H,6-7,12H2,1H3,(H,21,25)(H,22,26). The second kappa shape index (κ2) is 7.36. The highest BCUT2D eigenvalue weighted by Gasteiger charge is 2.29. The van der Waals surface area contributed by atoms with E-state index in [1.54, 1.807) is 47.5 Å². The Kier molecular flexibility index (Phi) is 4.77. The van der Waals surface area contributed by atoms with Crippen molar-refractivity contribution in [3.8, 4) is 0 Å². The Hall–Kier alpha value is -2.93. The molecule has 1 aliphatic rings. The number of hydrogen-bond acceptors (Lipinski definition) is 4. The van der Waals surface area contributed by atoms with Crippen LogP contribution in [0, 0.1) is 5.92 Å². The van der Waals surface area contributed by atoms with E-state index in [4.69, 9.17) is 0 Å². The summed E-state index contributed by atoms with van der Waals surface area (Å²) in [7, 11) is 1.74. The fourth-order valence-corrected chi connectivity index (χ4v) is 3.73. The molecule has 2 aromatic carbocycles. The van der Waals surface area contributed by atoms with E-state index in [1.165, 1.54) is 0 Å². The van der Waals surface area contributed by atoms with E-state index in [2.05, 4.69) is 15.6 Å². The topological polar surface area (TPSA) is 74.3 Å². The Morgan fingerprint density at radius 2 is 1.74 bits per heavy atom. The molecule has 0 spiro atoms. The van der Waals surface area contributed by atoms with Gasteiger partial charge in [0.05, 0.1) is 16.8 Å². The smallest absolute Gasteiger partial charge is 0.321 e. The summed E-state index contributed by atoms with van der Waals surface area (Å²) in [4.78, 5) is 30.3. The molecule has 1 heterocycles. The van der Waals surface area contributed by atoms with Gasteiger partial charge in [0.25, 0.3) is 0 Å². The third-order valence-corrected chi connectivity index (χ3v) is 5.43. The first kappa shape index (κ1) is 17.5. The van der Waals surface area contributed by atoms with Crippen LogP contribution in [0.5, 0.6) is 0 Å². The quantitative estimate of drug-likeness (QED) is 0.693. The van der Waals surface area contributed by atoms with Crippen molar-refractivity contribution in [3.05, 3.63) is 53.5 Å². The number of aromatic nitrogens is 1. The number of rotatable bonds is 5. The molecule has 0 saturated heterocycles. The van der Waals surface area contributed by atoms with Crippen LogP contribution in [0.15, 0.2) is 48.5 Å². The number of amides is 3. The van der Waals surface area contributed by atoms with Crippen LogP contribution in [0.4, 0.5) is 16.2 Å². The van der Waals surface area contributed by atoms with Crippen molar-refractivity contribution < 1.29 is 9.59 Å². The summed E-state index contributed by atoms with van der Waals surface area (Å²) in [5, 5.41) is 6.64. The minimum absolute atomic E-state index is 0.0716. The van der Waals surface area contributed by atoms with Crippen molar-refractivity contribution in [2.24, 2.45) is 5.92 Å². The van der Waals surface area contributed by atoms with Crippen LogP contribution in [0.3, 0.4) is 0 Å². The summed E-state index contributed by atoms with van der Waals surface area (Å²) in [5.41, 5.74) is 2.38. The van der Waals surface area contributed by atoms with Crippen LogP contribution >= 0.6 is 11.3 Å². The van der Waals surface area contributed by atoms with E-state index in [0.717, 1.165) is 33.8 Å². The number of nitrogens with one attached hydrogen (secondary N) is 2. The second-order valence-electron chi connectivity index (χ2n) is 6.70. The van der Waals surface area contributed by atoms with Crippen LogP contribution in [0.2, 0.25) is 0 Å². The number of fused-ring (bicyclic) bond motifs is 1. The molecular formula is C20H20N4O2S. The molecule has 0 radical (unpaired) electrons. The highest BCUT2D eigenvalue weighted by Crippen LogP contribution is 2.30. The molecule has 3 aromatic rings. The minimum atomic E-state index is -0.205. The monoisotopic (exact) mass is 380 g/mol. The average molecular weight is 380 g/mol. The lowest BCUT2D eigenvalue weighted by Gasteiger charge is -2.16. The number of carbonyl (C=O) groups excluding carboxylic acids is 2. The number of nitrogens with zero attached hydrogens (tertiary/aromatic N) is 2. The van der Waals surface area contributed by atoms with Gasteiger partial charge in [-0.05, 0) is 49.2 Å². The highest BCUT2D eigenvalue weighted by molar-refractivity contribution is 7.18. The lowest BCUT2D eigenvalue weighted by atomic mass is 10.2. The maximum atomic E-state index is 12.4. The van der Waals surface area contributed by atoms with Gasteiger partial charge in [-0.2, -0.15) is 0 Å². The maximum Gasteiger partial charge on any atom is 0.321 e. The highest BCUT2D eigenvalue weighted by atomic mass is 32.1. The van der Waals surface area contributed by atoms with E-state index >= 15 is 0 Å². The van der Waals surface area contributed by atoms with Crippen molar-refractivity contribution in [2.45, 2.75) is 19.4 Å². The number of hydrogen-bond donors (Lipinski definition) is 2. The molecule has 3 amide bonds. The fourth-order valence-electron chi connectivity index (χ4n) is 2.71. The summed E-state index contributed by atoms with van der Waals surface area (Å²) in [6.07, 6.45) is 1.95. The molecule has 1 aromatic heterocycles. The van der Waals surface area contributed by atoms with Crippen molar-refractivity contribution >= 4 is 44.9 Å². The summed E-state index contributed by atoms with van der Waals surface area (Å²) < 4.78 is 1.12. The van der Waals surface area contributed by atoms with Crippen LogP contribution in [0.1, 0.15) is 17.8 Å². The van der Waals surface area contributed by atoms with Crippen molar-refractivity contribution in [1.82, 2.24) is 9.88 Å². The number of thiazole rings is 1. The number of anilines is 2. The van der Waals surface area contributed by atoms with Gasteiger partial charge in [-0.1, -0.05) is 12.1 Å². The van der Waals surface area contributed by atoms with Gasteiger partial charge in [-0.3, -0.25) is 4.79 Å². The predicted octanol–water partition coefficient (Wildman–Crippen LogP) is 4.31. The van der Waals surface area contributed by atoms with Crippen molar-refractivity contribution in [1.29, 1.82) is 0 Å². The van der Waals surface area contributed by atoms with Gasteiger partial charge >= 0.3 is 6.03 Å². The van der Waals surface area contributed by atoms with E-state index in [-0.39, 0.29) is 17.9 Å². The largest absolute Gasteiger partial charge is 0.326 e. The molecule has 0 unspecified atom stereocenters. The zero-order valence-corrected chi connectivity index (χ0v) is 15.8. The molecule has 0 atom stereocenters. The molecule has 7 heteroatoms. The third-order valence-electron chi connectivity index (χ3n) is 4.41. The van der Waals surface area contributed by atoms with Gasteiger partial charge in [0, 0.05) is 24.3 Å². The number of carbonyl (C=O) groups is 2. The van der Waals surface area contributed by atoms with Gasteiger partial charge in [0.15, 0.2) is 0 Å². The molecule has 2 N–H and O–H groups in total. The molecule has 0 bridgehead atoms. The Labute approximate surface area is 161 Å². The van der Waals surface area contributed by atoms with Crippen LogP contribution in [-0.4, -0.2) is 28.9 Å². The molecule has 1 aliphatic carbocycles. The lowest BCUT2D eigenvalue weighted by molar-refractivity contribution is -0.117. The Bertz CT molecular complexity index is 946. The van der Waals surface area contributed by atoms with E-state index in [1.807, 2.05) is 24.3 Å². The SMILES string of the molecule is CN(Cc1nc2ccccc2s1)C(=O)Nc1ccc(NC(=O)C2CC2)cc1. The number of benzene rings is 2. The molecule has 4 rings (SSSR count). The second-order valence-corrected chi connectivity index (χ2v) is 7.82. The number of urea groups is 1.